The summed E-state index contributed by atoms with van der Waals surface area (Å²) >= 11 is 0. The molecule has 88 valence electrons. The predicted molar refractivity (Wildman–Crippen MR) is 60.3 cm³/mol. The van der Waals surface area contributed by atoms with Crippen LogP contribution in [0.15, 0.2) is 0 Å². The first-order chi connectivity index (χ1) is 6.85. The Balaban J connectivity index is 2.66. The summed E-state index contributed by atoms with van der Waals surface area (Å²) in [7, 11) is 1.40. The maximum atomic E-state index is 11.4. The fourth-order valence-electron chi connectivity index (χ4n) is 3.02. The Bertz CT molecular complexity index is 238. The topological polar surface area (TPSA) is 52.3 Å². The molecule has 0 bridgehead atoms. The molecule has 0 aromatic rings. The van der Waals surface area contributed by atoms with Crippen molar-refractivity contribution in [3.05, 3.63) is 0 Å². The lowest BCUT2D eigenvalue weighted by molar-refractivity contribution is -0.144. The van der Waals surface area contributed by atoms with Crippen LogP contribution in [0.3, 0.4) is 0 Å². The summed E-state index contributed by atoms with van der Waals surface area (Å²) in [6.07, 6.45) is 3.28. The van der Waals surface area contributed by atoms with Gasteiger partial charge in [0.25, 0.3) is 0 Å². The molecule has 0 radical (unpaired) electrons. The van der Waals surface area contributed by atoms with Gasteiger partial charge in [-0.2, -0.15) is 0 Å². The lowest BCUT2D eigenvalue weighted by atomic mass is 9.66. The van der Waals surface area contributed by atoms with Crippen LogP contribution < -0.4 is 5.73 Å². The van der Waals surface area contributed by atoms with Crippen molar-refractivity contribution in [3.8, 4) is 0 Å². The first-order valence-electron chi connectivity index (χ1n) is 5.69. The summed E-state index contributed by atoms with van der Waals surface area (Å²) in [6, 6.07) is -0.447. The van der Waals surface area contributed by atoms with Crippen LogP contribution in [0.2, 0.25) is 0 Å². The second-order valence-corrected chi connectivity index (χ2v) is 5.72. The van der Waals surface area contributed by atoms with E-state index >= 15 is 0 Å². The van der Waals surface area contributed by atoms with Gasteiger partial charge < -0.3 is 10.5 Å². The highest BCUT2D eigenvalue weighted by Crippen LogP contribution is 2.42. The van der Waals surface area contributed by atoms with Crippen molar-refractivity contribution >= 4 is 5.97 Å². The number of ether oxygens (including phenoxy) is 1. The molecule has 1 aliphatic rings. The summed E-state index contributed by atoms with van der Waals surface area (Å²) in [4.78, 5) is 11.4. The molecule has 1 saturated carbocycles. The maximum Gasteiger partial charge on any atom is 0.322 e. The van der Waals surface area contributed by atoms with Gasteiger partial charge in [-0.1, -0.05) is 20.8 Å². The minimum atomic E-state index is -0.447. The third kappa shape index (κ3) is 3.20. The lowest BCUT2D eigenvalue weighted by Gasteiger charge is -2.40. The van der Waals surface area contributed by atoms with Crippen LogP contribution >= 0.6 is 0 Å². The predicted octanol–water partition coefficient (Wildman–Crippen LogP) is 1.95. The molecule has 0 aliphatic heterocycles. The first-order valence-corrected chi connectivity index (χ1v) is 5.69. The summed E-state index contributed by atoms with van der Waals surface area (Å²) in [6.45, 7) is 6.73. The molecule has 3 heteroatoms. The van der Waals surface area contributed by atoms with Crippen molar-refractivity contribution < 1.29 is 9.53 Å². The summed E-state index contributed by atoms with van der Waals surface area (Å²) in [5.41, 5.74) is 6.21. The number of nitrogens with two attached hydrogens (primary N) is 1. The van der Waals surface area contributed by atoms with Gasteiger partial charge in [-0.3, -0.25) is 4.79 Å². The molecule has 3 atom stereocenters. The van der Waals surface area contributed by atoms with Crippen LogP contribution in [0.1, 0.15) is 40.0 Å². The average molecular weight is 213 g/mol. The summed E-state index contributed by atoms with van der Waals surface area (Å²) in [5, 5.41) is 0. The number of hydrogen-bond donors (Lipinski definition) is 1. The Morgan fingerprint density at radius 1 is 1.47 bits per heavy atom. The number of esters is 1. The van der Waals surface area contributed by atoms with Gasteiger partial charge in [0.15, 0.2) is 0 Å². The summed E-state index contributed by atoms with van der Waals surface area (Å²) < 4.78 is 4.70. The van der Waals surface area contributed by atoms with Crippen molar-refractivity contribution in [2.24, 2.45) is 23.0 Å². The molecular formula is C12H23NO2. The van der Waals surface area contributed by atoms with E-state index in [-0.39, 0.29) is 11.9 Å². The van der Waals surface area contributed by atoms with Crippen LogP contribution in [0.25, 0.3) is 0 Å². The third-order valence-electron chi connectivity index (χ3n) is 3.40. The quantitative estimate of drug-likeness (QED) is 0.713. The number of methoxy groups -OCH3 is 1. The molecule has 3 nitrogen and oxygen atoms in total. The highest BCUT2D eigenvalue weighted by atomic mass is 16.5. The normalized spacial score (nSPS) is 32.1. The second kappa shape index (κ2) is 4.52. The molecule has 0 heterocycles. The molecule has 15 heavy (non-hydrogen) atoms. The lowest BCUT2D eigenvalue weighted by Crippen LogP contribution is -2.44. The van der Waals surface area contributed by atoms with Gasteiger partial charge in [0.1, 0.15) is 6.04 Å². The molecule has 2 N–H and O–H groups in total. The van der Waals surface area contributed by atoms with Gasteiger partial charge in [0.2, 0.25) is 0 Å². The minimum Gasteiger partial charge on any atom is -0.468 e. The zero-order chi connectivity index (χ0) is 11.6. The molecule has 3 unspecified atom stereocenters. The third-order valence-corrected chi connectivity index (χ3v) is 3.40. The van der Waals surface area contributed by atoms with Gasteiger partial charge in [0.05, 0.1) is 7.11 Å². The molecule has 1 rings (SSSR count). The zero-order valence-corrected chi connectivity index (χ0v) is 10.2. The van der Waals surface area contributed by atoms with E-state index in [0.717, 1.165) is 12.8 Å². The van der Waals surface area contributed by atoms with E-state index in [1.54, 1.807) is 0 Å². The van der Waals surface area contributed by atoms with Gasteiger partial charge >= 0.3 is 5.97 Å². The second-order valence-electron chi connectivity index (χ2n) is 5.72. The van der Waals surface area contributed by atoms with Crippen molar-refractivity contribution in [2.45, 2.75) is 46.1 Å². The fraction of sp³-hybridized carbons (Fsp3) is 0.917. The standard InChI is InChI=1S/C12H23NO2/c1-8-5-9(7-12(2,3)6-8)10(13)11(14)15-4/h8-10H,5-7,13H2,1-4H3. The highest BCUT2D eigenvalue weighted by molar-refractivity contribution is 5.75. The Kier molecular flexibility index (Phi) is 3.77. The smallest absolute Gasteiger partial charge is 0.322 e. The monoisotopic (exact) mass is 213 g/mol. The molecule has 0 amide bonds. The van der Waals surface area contributed by atoms with Gasteiger partial charge in [-0.15, -0.1) is 0 Å². The molecule has 0 saturated heterocycles. The molecular weight excluding hydrogens is 190 g/mol. The van der Waals surface area contributed by atoms with Crippen molar-refractivity contribution in [1.82, 2.24) is 0 Å². The minimum absolute atomic E-state index is 0.273. The van der Waals surface area contributed by atoms with Crippen LogP contribution in [0.4, 0.5) is 0 Å². The van der Waals surface area contributed by atoms with E-state index in [4.69, 9.17) is 10.5 Å². The number of carbonyl (C=O) groups excluding carboxylic acids is 1. The highest BCUT2D eigenvalue weighted by Gasteiger charge is 2.37. The SMILES string of the molecule is COC(=O)C(N)C1CC(C)CC(C)(C)C1. The largest absolute Gasteiger partial charge is 0.468 e. The van der Waals surface area contributed by atoms with Gasteiger partial charge in [-0.25, -0.2) is 0 Å². The Hall–Kier alpha value is -0.570. The first kappa shape index (κ1) is 12.5. The molecule has 1 fully saturated rings. The van der Waals surface area contributed by atoms with E-state index in [2.05, 4.69) is 20.8 Å². The van der Waals surface area contributed by atoms with Gasteiger partial charge in [0, 0.05) is 0 Å². The van der Waals surface area contributed by atoms with E-state index in [1.807, 2.05) is 0 Å². The number of rotatable bonds is 2. The Morgan fingerprint density at radius 2 is 2.07 bits per heavy atom. The fourth-order valence-corrected chi connectivity index (χ4v) is 3.02. The van der Waals surface area contributed by atoms with Crippen LogP contribution in [0, 0.1) is 17.3 Å². The van der Waals surface area contributed by atoms with Crippen LogP contribution in [-0.2, 0) is 9.53 Å². The van der Waals surface area contributed by atoms with E-state index in [0.29, 0.717) is 11.3 Å². The Morgan fingerprint density at radius 3 is 2.53 bits per heavy atom. The number of hydrogen-bond acceptors (Lipinski definition) is 3. The van der Waals surface area contributed by atoms with Crippen molar-refractivity contribution in [2.75, 3.05) is 7.11 Å². The molecule has 0 aromatic carbocycles. The zero-order valence-electron chi connectivity index (χ0n) is 10.2. The molecule has 0 spiro atoms. The number of carbonyl (C=O) groups is 1. The maximum absolute atomic E-state index is 11.4. The van der Waals surface area contributed by atoms with Crippen LogP contribution in [0.5, 0.6) is 0 Å². The van der Waals surface area contributed by atoms with Crippen molar-refractivity contribution in [1.29, 1.82) is 0 Å². The molecule has 0 aromatic heterocycles. The summed E-state index contributed by atoms with van der Waals surface area (Å²) in [5.74, 6) is 0.649. The molecule has 1 aliphatic carbocycles. The van der Waals surface area contributed by atoms with Crippen LogP contribution in [-0.4, -0.2) is 19.1 Å². The van der Waals surface area contributed by atoms with E-state index < -0.39 is 6.04 Å². The van der Waals surface area contributed by atoms with Gasteiger partial charge in [-0.05, 0) is 36.5 Å². The average Bonchev–Trinajstić information content (AvgIpc) is 2.12. The Labute approximate surface area is 92.4 Å². The van der Waals surface area contributed by atoms with E-state index in [9.17, 15) is 4.79 Å². The van der Waals surface area contributed by atoms with E-state index in [1.165, 1.54) is 13.5 Å². The van der Waals surface area contributed by atoms with Crippen molar-refractivity contribution in [3.63, 3.8) is 0 Å².